The summed E-state index contributed by atoms with van der Waals surface area (Å²) in [6.45, 7) is 4.03. The Labute approximate surface area is 329 Å². The zero-order chi connectivity index (χ0) is 39.7. The number of piperidine rings is 2. The van der Waals surface area contributed by atoms with Crippen molar-refractivity contribution in [3.05, 3.63) is 101 Å². The predicted molar refractivity (Wildman–Crippen MR) is 209 cm³/mol. The number of likely N-dealkylation sites (tertiary alicyclic amines) is 1. The van der Waals surface area contributed by atoms with Gasteiger partial charge in [0.25, 0.3) is 11.8 Å². The molecule has 0 radical (unpaired) electrons. The summed E-state index contributed by atoms with van der Waals surface area (Å²) in [6, 6.07) is 20.5. The van der Waals surface area contributed by atoms with E-state index in [1.165, 1.54) is 12.4 Å². The van der Waals surface area contributed by atoms with Crippen LogP contribution in [0.4, 0.5) is 11.6 Å². The quantitative estimate of drug-likeness (QED) is 0.0686. The van der Waals surface area contributed by atoms with Gasteiger partial charge in [-0.3, -0.25) is 39.7 Å². The Kier molecular flexibility index (Phi) is 12.4. The molecule has 7 rings (SSSR count). The Morgan fingerprint density at radius 2 is 1.61 bits per heavy atom. The molecule has 2 atom stereocenters. The van der Waals surface area contributed by atoms with Crippen molar-refractivity contribution in [2.45, 2.75) is 37.8 Å². The summed E-state index contributed by atoms with van der Waals surface area (Å²) in [6.07, 6.45) is 3.45. The molecule has 3 aromatic carbocycles. The fourth-order valence-corrected chi connectivity index (χ4v) is 7.11. The highest BCUT2D eigenvalue weighted by Crippen LogP contribution is 2.34. The molecule has 296 valence electrons. The molecule has 3 aliphatic heterocycles. The molecule has 4 heterocycles. The number of hydrogen-bond donors (Lipinski definition) is 4. The van der Waals surface area contributed by atoms with Crippen LogP contribution in [0, 0.1) is 5.41 Å². The van der Waals surface area contributed by atoms with Gasteiger partial charge in [-0.1, -0.05) is 24.3 Å². The molecule has 0 bridgehead atoms. The van der Waals surface area contributed by atoms with Crippen LogP contribution >= 0.6 is 0 Å². The monoisotopic (exact) mass is 776 g/mol. The topological polar surface area (TPSA) is 211 Å². The smallest absolute Gasteiger partial charge is 0.266 e. The number of hydrogen-bond acceptors (Lipinski definition) is 14. The van der Waals surface area contributed by atoms with E-state index in [0.717, 1.165) is 43.1 Å². The summed E-state index contributed by atoms with van der Waals surface area (Å²) >= 11 is 0. The second-order valence-corrected chi connectivity index (χ2v) is 13.8. The number of carbonyl (C=O) groups is 4. The molecule has 0 saturated carbocycles. The molecular formula is C41H44N8O8. The SMILES string of the molecule is N=C(c1ccc(Oc2ccccc2)cc1)c1c(N)ncnc1NC1CCCN(CCOCCOCCOc2cccc3c2C(=O)N(C2CCC(=O)NC2=O)C3=O)C1. The number of rotatable bonds is 17. The van der Waals surface area contributed by atoms with Gasteiger partial charge in [-0.25, -0.2) is 9.97 Å². The summed E-state index contributed by atoms with van der Waals surface area (Å²) in [5.74, 6) is 0.0599. The number of imide groups is 2. The predicted octanol–water partition coefficient (Wildman–Crippen LogP) is 3.66. The number of para-hydroxylation sites is 1. The standard InChI is InChI=1S/C41H44N8O8/c42-36(26-11-13-29(14-12-26)57-28-7-2-1-3-8-28)35-37(43)44-25-45-38(35)46-27-6-5-17-48(24-27)18-19-54-20-21-55-22-23-56-32-10-4-9-30-34(32)41(53)49(40(30)52)31-15-16-33(50)47-39(31)51/h1-4,7-14,25,27,31,42H,5-6,15-24H2,(H,47,50,51)(H3,43,44,45,46). The van der Waals surface area contributed by atoms with Crippen LogP contribution in [-0.2, 0) is 19.1 Å². The Balaban J connectivity index is 0.816. The first-order chi connectivity index (χ1) is 27.8. The maximum Gasteiger partial charge on any atom is 0.266 e. The lowest BCUT2D eigenvalue weighted by molar-refractivity contribution is -0.136. The number of carbonyl (C=O) groups excluding carboxylic acids is 4. The minimum Gasteiger partial charge on any atom is -0.490 e. The summed E-state index contributed by atoms with van der Waals surface area (Å²) in [7, 11) is 0. The van der Waals surface area contributed by atoms with E-state index in [2.05, 4.69) is 25.5 Å². The normalized spacial score (nSPS) is 18.3. The van der Waals surface area contributed by atoms with Gasteiger partial charge in [0, 0.05) is 31.1 Å². The lowest BCUT2D eigenvalue weighted by atomic mass is 10.0. The molecule has 2 unspecified atom stereocenters. The number of benzene rings is 3. The highest BCUT2D eigenvalue weighted by atomic mass is 16.5. The minimum absolute atomic E-state index is 0.0464. The Bertz CT molecular complexity index is 2120. The zero-order valence-electron chi connectivity index (χ0n) is 31.3. The van der Waals surface area contributed by atoms with E-state index in [1.54, 1.807) is 12.1 Å². The van der Waals surface area contributed by atoms with Crippen molar-refractivity contribution in [2.75, 3.05) is 63.7 Å². The van der Waals surface area contributed by atoms with E-state index < -0.39 is 29.7 Å². The lowest BCUT2D eigenvalue weighted by Crippen LogP contribution is -2.54. The van der Waals surface area contributed by atoms with E-state index in [1.807, 2.05) is 54.6 Å². The average Bonchev–Trinajstić information content (AvgIpc) is 3.47. The van der Waals surface area contributed by atoms with Crippen LogP contribution in [0.2, 0.25) is 0 Å². The maximum atomic E-state index is 13.2. The number of fused-ring (bicyclic) bond motifs is 1. The van der Waals surface area contributed by atoms with E-state index in [-0.39, 0.29) is 60.5 Å². The van der Waals surface area contributed by atoms with Gasteiger partial charge in [0.15, 0.2) is 0 Å². The van der Waals surface area contributed by atoms with Crippen LogP contribution in [0.5, 0.6) is 17.2 Å². The van der Waals surface area contributed by atoms with Gasteiger partial charge in [-0.2, -0.15) is 0 Å². The molecule has 2 fully saturated rings. The van der Waals surface area contributed by atoms with Crippen molar-refractivity contribution in [1.82, 2.24) is 25.1 Å². The number of nitrogens with zero attached hydrogens (tertiary/aromatic N) is 4. The number of nitrogens with one attached hydrogen (secondary N) is 3. The lowest BCUT2D eigenvalue weighted by Gasteiger charge is -2.33. The highest BCUT2D eigenvalue weighted by molar-refractivity contribution is 6.24. The van der Waals surface area contributed by atoms with E-state index in [4.69, 9.17) is 30.1 Å². The largest absolute Gasteiger partial charge is 0.490 e. The van der Waals surface area contributed by atoms with Gasteiger partial charge in [0.1, 0.15) is 47.9 Å². The molecule has 57 heavy (non-hydrogen) atoms. The Morgan fingerprint density at radius 1 is 0.860 bits per heavy atom. The van der Waals surface area contributed by atoms with Crippen molar-refractivity contribution in [3.63, 3.8) is 0 Å². The first kappa shape index (κ1) is 39.0. The molecule has 16 nitrogen and oxygen atoms in total. The summed E-state index contributed by atoms with van der Waals surface area (Å²) in [5.41, 5.74) is 7.88. The van der Waals surface area contributed by atoms with Gasteiger partial charge in [-0.05, 0) is 74.3 Å². The molecule has 5 N–H and O–H groups in total. The first-order valence-corrected chi connectivity index (χ1v) is 18.9. The number of ether oxygens (including phenoxy) is 4. The molecule has 16 heteroatoms. The number of nitrogens with two attached hydrogens (primary N) is 1. The maximum absolute atomic E-state index is 13.2. The van der Waals surface area contributed by atoms with Crippen LogP contribution in [0.15, 0.2) is 79.1 Å². The van der Waals surface area contributed by atoms with Gasteiger partial charge in [0.05, 0.1) is 48.8 Å². The second kappa shape index (κ2) is 18.1. The van der Waals surface area contributed by atoms with Crippen LogP contribution in [0.3, 0.4) is 0 Å². The van der Waals surface area contributed by atoms with Gasteiger partial charge in [0.2, 0.25) is 11.8 Å². The molecule has 0 aliphatic carbocycles. The second-order valence-electron chi connectivity index (χ2n) is 13.8. The number of amides is 4. The highest BCUT2D eigenvalue weighted by Gasteiger charge is 2.46. The number of aromatic nitrogens is 2. The van der Waals surface area contributed by atoms with Crippen molar-refractivity contribution in [3.8, 4) is 17.2 Å². The van der Waals surface area contributed by atoms with Crippen LogP contribution in [-0.4, -0.2) is 114 Å². The third-order valence-electron chi connectivity index (χ3n) is 9.93. The number of anilines is 2. The summed E-state index contributed by atoms with van der Waals surface area (Å²) < 4.78 is 23.2. The molecule has 0 spiro atoms. The molecule has 3 aliphatic rings. The average molecular weight is 777 g/mol. The van der Waals surface area contributed by atoms with Crippen molar-refractivity contribution >= 4 is 41.0 Å². The first-order valence-electron chi connectivity index (χ1n) is 18.9. The van der Waals surface area contributed by atoms with E-state index in [9.17, 15) is 19.2 Å². The van der Waals surface area contributed by atoms with Gasteiger partial charge < -0.3 is 30.0 Å². The molecule has 4 amide bonds. The summed E-state index contributed by atoms with van der Waals surface area (Å²) in [5, 5.41) is 14.7. The molecular weight excluding hydrogens is 732 g/mol. The van der Waals surface area contributed by atoms with Crippen LogP contribution in [0.25, 0.3) is 0 Å². The summed E-state index contributed by atoms with van der Waals surface area (Å²) in [4.78, 5) is 62.1. The third kappa shape index (κ3) is 9.26. The van der Waals surface area contributed by atoms with Crippen molar-refractivity contribution in [1.29, 1.82) is 5.41 Å². The number of nitrogen functional groups attached to an aromatic ring is 1. The van der Waals surface area contributed by atoms with Crippen molar-refractivity contribution < 1.29 is 38.1 Å². The Hall–Kier alpha value is -6.23. The van der Waals surface area contributed by atoms with E-state index >= 15 is 0 Å². The minimum atomic E-state index is -1.05. The van der Waals surface area contributed by atoms with E-state index in [0.29, 0.717) is 42.5 Å². The Morgan fingerprint density at radius 3 is 2.40 bits per heavy atom. The van der Waals surface area contributed by atoms with Crippen LogP contribution < -0.4 is 25.8 Å². The molecule has 2 saturated heterocycles. The van der Waals surface area contributed by atoms with Gasteiger partial charge in [-0.15, -0.1) is 0 Å². The van der Waals surface area contributed by atoms with Gasteiger partial charge >= 0.3 is 0 Å². The molecule has 1 aromatic heterocycles. The molecule has 4 aromatic rings. The zero-order valence-corrected chi connectivity index (χ0v) is 31.3. The van der Waals surface area contributed by atoms with Crippen molar-refractivity contribution in [2.24, 2.45) is 0 Å². The fourth-order valence-electron chi connectivity index (χ4n) is 7.11. The van der Waals surface area contributed by atoms with Crippen LogP contribution in [0.1, 0.15) is 57.5 Å². The fraction of sp³-hybridized carbons (Fsp3) is 0.341. The third-order valence-corrected chi connectivity index (χ3v) is 9.93.